The molecule has 0 aliphatic rings. The molecule has 0 radical (unpaired) electrons. The molecule has 0 fully saturated rings. The highest BCUT2D eigenvalue weighted by Crippen LogP contribution is 2.00. The fourth-order valence-corrected chi connectivity index (χ4v) is 1.58. The molecule has 0 heterocycles. The van der Waals surface area contributed by atoms with E-state index in [4.69, 9.17) is 0 Å². The molecular weight excluding hydrogens is 208 g/mol. The Labute approximate surface area is 99.4 Å². The van der Waals surface area contributed by atoms with E-state index in [1.54, 1.807) is 0 Å². The zero-order valence-electron chi connectivity index (χ0n) is 10.0. The number of hydrogen-bond donors (Lipinski definition) is 0. The van der Waals surface area contributed by atoms with Crippen molar-refractivity contribution in [3.63, 3.8) is 0 Å². The van der Waals surface area contributed by atoms with Crippen molar-refractivity contribution >= 4 is 8.07 Å². The fraction of sp³-hybridized carbons (Fsp3) is 0.200. The first kappa shape index (κ1) is 12.4. The Morgan fingerprint density at radius 2 is 1.69 bits per heavy atom. The van der Waals surface area contributed by atoms with Gasteiger partial charge in [0.05, 0.1) is 8.07 Å². The lowest BCUT2D eigenvalue weighted by Gasteiger charge is -2.05. The predicted octanol–water partition coefficient (Wildman–Crippen LogP) is 3.48. The molecule has 1 heteroatoms. The molecule has 0 amide bonds. The minimum atomic E-state index is -1.11. The number of hydrogen-bond acceptors (Lipinski definition) is 0. The maximum absolute atomic E-state index is 3.00. The van der Waals surface area contributed by atoms with E-state index in [2.05, 4.69) is 49.0 Å². The quantitative estimate of drug-likeness (QED) is 0.506. The first-order chi connectivity index (χ1) is 7.58. The van der Waals surface area contributed by atoms with Gasteiger partial charge in [0, 0.05) is 5.56 Å². The second-order valence-electron chi connectivity index (χ2n) is 4.58. The van der Waals surface area contributed by atoms with Gasteiger partial charge < -0.3 is 0 Å². The second-order valence-corrected chi connectivity index (χ2v) is 9.65. The van der Waals surface area contributed by atoms with Gasteiger partial charge in [0.1, 0.15) is 0 Å². The van der Waals surface area contributed by atoms with E-state index in [1.807, 2.05) is 36.4 Å². The third-order valence-corrected chi connectivity index (χ3v) is 2.95. The van der Waals surface area contributed by atoms with Gasteiger partial charge >= 0.3 is 0 Å². The summed E-state index contributed by atoms with van der Waals surface area (Å²) in [6, 6.07) is 9.89. The van der Waals surface area contributed by atoms with Gasteiger partial charge in [-0.05, 0) is 30.0 Å². The monoisotopic (exact) mass is 224 g/mol. The van der Waals surface area contributed by atoms with Gasteiger partial charge in [-0.25, -0.2) is 0 Å². The standard InChI is InChI=1S/C15H16Si/c1-16(2,3)14-10-5-4-7-11-15-12-8-6-9-13-15/h6,8-10,12-14H,1-3H3/b14-10+. The first-order valence-electron chi connectivity index (χ1n) is 5.32. The lowest BCUT2D eigenvalue weighted by molar-refractivity contribution is 1.65. The lowest BCUT2D eigenvalue weighted by Crippen LogP contribution is -2.14. The summed E-state index contributed by atoms with van der Waals surface area (Å²) in [5.74, 6) is 11.6. The van der Waals surface area contributed by atoms with Crippen LogP contribution in [0.15, 0.2) is 42.1 Å². The minimum Gasteiger partial charge on any atom is -0.0868 e. The molecule has 0 unspecified atom stereocenters. The van der Waals surface area contributed by atoms with Crippen LogP contribution in [0, 0.1) is 23.7 Å². The van der Waals surface area contributed by atoms with Crippen molar-refractivity contribution in [2.24, 2.45) is 0 Å². The Bertz CT molecular complexity index is 467. The highest BCUT2D eigenvalue weighted by atomic mass is 28.3. The van der Waals surface area contributed by atoms with Crippen LogP contribution < -0.4 is 0 Å². The van der Waals surface area contributed by atoms with Crippen LogP contribution in [0.5, 0.6) is 0 Å². The first-order valence-corrected chi connectivity index (χ1v) is 8.90. The van der Waals surface area contributed by atoms with E-state index in [1.165, 1.54) is 0 Å². The topological polar surface area (TPSA) is 0 Å². The van der Waals surface area contributed by atoms with Crippen LogP contribution in [-0.2, 0) is 0 Å². The van der Waals surface area contributed by atoms with E-state index in [9.17, 15) is 0 Å². The second kappa shape index (κ2) is 6.01. The van der Waals surface area contributed by atoms with Gasteiger partial charge in [-0.2, -0.15) is 0 Å². The van der Waals surface area contributed by atoms with Crippen LogP contribution in [0.4, 0.5) is 0 Å². The van der Waals surface area contributed by atoms with Crippen LogP contribution in [-0.4, -0.2) is 8.07 Å². The molecule has 0 saturated heterocycles. The largest absolute Gasteiger partial charge is 0.0868 e. The summed E-state index contributed by atoms with van der Waals surface area (Å²) in [6.45, 7) is 6.84. The van der Waals surface area contributed by atoms with Gasteiger partial charge in [-0.15, -0.1) is 0 Å². The summed E-state index contributed by atoms with van der Waals surface area (Å²) >= 11 is 0. The summed E-state index contributed by atoms with van der Waals surface area (Å²) < 4.78 is 0. The Kier molecular flexibility index (Phi) is 4.64. The predicted molar refractivity (Wildman–Crippen MR) is 73.6 cm³/mol. The van der Waals surface area contributed by atoms with Crippen LogP contribution in [0.1, 0.15) is 5.56 Å². The zero-order valence-corrected chi connectivity index (χ0v) is 11.0. The van der Waals surface area contributed by atoms with E-state index < -0.39 is 8.07 Å². The fourth-order valence-electron chi connectivity index (χ4n) is 0.994. The summed E-state index contributed by atoms with van der Waals surface area (Å²) in [5, 5.41) is 0. The average molecular weight is 224 g/mol. The number of rotatable bonds is 1. The highest BCUT2D eigenvalue weighted by molar-refractivity contribution is 6.81. The van der Waals surface area contributed by atoms with Crippen molar-refractivity contribution in [3.05, 3.63) is 47.7 Å². The van der Waals surface area contributed by atoms with Gasteiger partial charge in [-0.3, -0.25) is 0 Å². The van der Waals surface area contributed by atoms with Gasteiger partial charge in [0.25, 0.3) is 0 Å². The van der Waals surface area contributed by atoms with Gasteiger partial charge in [-0.1, -0.05) is 55.4 Å². The molecule has 0 atom stereocenters. The molecule has 0 saturated carbocycles. The molecule has 1 rings (SSSR count). The van der Waals surface area contributed by atoms with E-state index >= 15 is 0 Å². The molecule has 0 N–H and O–H groups in total. The Hall–Kier alpha value is -1.70. The van der Waals surface area contributed by atoms with Crippen LogP contribution in [0.25, 0.3) is 0 Å². The molecule has 0 aromatic heterocycles. The van der Waals surface area contributed by atoms with Crippen molar-refractivity contribution in [2.45, 2.75) is 19.6 Å². The maximum Gasteiger partial charge on any atom is 0.0695 e. The Balaban J connectivity index is 2.57. The molecule has 16 heavy (non-hydrogen) atoms. The summed E-state index contributed by atoms with van der Waals surface area (Å²) in [5.41, 5.74) is 3.22. The van der Waals surface area contributed by atoms with Crippen LogP contribution >= 0.6 is 0 Å². The van der Waals surface area contributed by atoms with Crippen molar-refractivity contribution < 1.29 is 0 Å². The van der Waals surface area contributed by atoms with E-state index in [-0.39, 0.29) is 0 Å². The van der Waals surface area contributed by atoms with E-state index in [0.717, 1.165) is 5.56 Å². The lowest BCUT2D eigenvalue weighted by atomic mass is 10.2. The third-order valence-electron chi connectivity index (χ3n) is 1.78. The van der Waals surface area contributed by atoms with Gasteiger partial charge in [0.15, 0.2) is 0 Å². The number of benzene rings is 1. The minimum absolute atomic E-state index is 1.01. The van der Waals surface area contributed by atoms with Crippen molar-refractivity contribution in [2.75, 3.05) is 0 Å². The third kappa shape index (κ3) is 5.91. The summed E-state index contributed by atoms with van der Waals surface area (Å²) in [7, 11) is -1.11. The maximum atomic E-state index is 3.00. The smallest absolute Gasteiger partial charge is 0.0695 e. The van der Waals surface area contributed by atoms with Crippen molar-refractivity contribution in [1.82, 2.24) is 0 Å². The van der Waals surface area contributed by atoms with Gasteiger partial charge in [0.2, 0.25) is 0 Å². The zero-order chi connectivity index (χ0) is 11.9. The van der Waals surface area contributed by atoms with Crippen LogP contribution in [0.2, 0.25) is 19.6 Å². The molecule has 0 spiro atoms. The molecule has 1 aromatic carbocycles. The molecule has 0 bridgehead atoms. The summed E-state index contributed by atoms with van der Waals surface area (Å²) in [4.78, 5) is 0. The normalized spacial score (nSPS) is 10.2. The van der Waals surface area contributed by atoms with E-state index in [0.29, 0.717) is 0 Å². The Morgan fingerprint density at radius 3 is 2.31 bits per heavy atom. The molecular formula is C15H16Si. The van der Waals surface area contributed by atoms with Crippen molar-refractivity contribution in [3.8, 4) is 23.7 Å². The van der Waals surface area contributed by atoms with Crippen molar-refractivity contribution in [1.29, 1.82) is 0 Å². The molecule has 1 aromatic rings. The molecule has 0 aliphatic heterocycles. The SMILES string of the molecule is C[Si](C)(C)/C=C/C#CC#Cc1ccccc1. The molecule has 0 nitrogen and oxygen atoms in total. The average Bonchev–Trinajstić information content (AvgIpc) is 2.23. The highest BCUT2D eigenvalue weighted by Gasteiger charge is 2.05. The number of allylic oxidation sites excluding steroid dienone is 1. The molecule has 80 valence electrons. The Morgan fingerprint density at radius 1 is 1.00 bits per heavy atom. The van der Waals surface area contributed by atoms with Crippen LogP contribution in [0.3, 0.4) is 0 Å². The summed E-state index contributed by atoms with van der Waals surface area (Å²) in [6.07, 6.45) is 1.92. The molecule has 0 aliphatic carbocycles.